The minimum absolute atomic E-state index is 0.207. The summed E-state index contributed by atoms with van der Waals surface area (Å²) in [5, 5.41) is 2.81. The van der Waals surface area contributed by atoms with Gasteiger partial charge in [0.1, 0.15) is 0 Å². The highest BCUT2D eigenvalue weighted by Crippen LogP contribution is 2.26. The second-order valence-corrected chi connectivity index (χ2v) is 5.54. The van der Waals surface area contributed by atoms with Gasteiger partial charge in [-0.1, -0.05) is 6.92 Å². The molecule has 0 fully saturated rings. The number of thiophene rings is 1. The van der Waals surface area contributed by atoms with E-state index in [0.717, 1.165) is 16.9 Å². The maximum absolute atomic E-state index is 12.3. The number of amides is 2. The number of rotatable bonds is 4. The van der Waals surface area contributed by atoms with E-state index in [0.29, 0.717) is 16.1 Å². The molecule has 0 radical (unpaired) electrons. The zero-order valence-electron chi connectivity index (χ0n) is 11.3. The van der Waals surface area contributed by atoms with E-state index < -0.39 is 5.91 Å². The van der Waals surface area contributed by atoms with E-state index in [1.165, 1.54) is 11.3 Å². The van der Waals surface area contributed by atoms with Crippen LogP contribution in [0.3, 0.4) is 0 Å². The van der Waals surface area contributed by atoms with Crippen molar-refractivity contribution in [3.05, 3.63) is 45.4 Å². The number of anilines is 1. The first-order valence-corrected chi connectivity index (χ1v) is 6.99. The molecule has 5 nitrogen and oxygen atoms in total. The Morgan fingerprint density at radius 2 is 2.20 bits per heavy atom. The van der Waals surface area contributed by atoms with Gasteiger partial charge in [-0.05, 0) is 31.0 Å². The number of pyridine rings is 1. The van der Waals surface area contributed by atoms with Crippen LogP contribution in [0.2, 0.25) is 0 Å². The van der Waals surface area contributed by atoms with Crippen LogP contribution in [0, 0.1) is 6.92 Å². The van der Waals surface area contributed by atoms with E-state index in [-0.39, 0.29) is 5.91 Å². The third-order valence-corrected chi connectivity index (χ3v) is 4.00. The van der Waals surface area contributed by atoms with Crippen LogP contribution in [0.15, 0.2) is 24.5 Å². The number of hydrogen-bond donors (Lipinski definition) is 2. The third kappa shape index (κ3) is 2.85. The molecule has 2 rings (SSSR count). The number of hydrogen-bond acceptors (Lipinski definition) is 4. The second-order valence-electron chi connectivity index (χ2n) is 4.29. The fraction of sp³-hybridized carbons (Fsp3) is 0.214. The summed E-state index contributed by atoms with van der Waals surface area (Å²) in [4.78, 5) is 28.7. The molecule has 0 aliphatic rings. The lowest BCUT2D eigenvalue weighted by atomic mass is 10.1. The normalized spacial score (nSPS) is 10.3. The van der Waals surface area contributed by atoms with Crippen molar-refractivity contribution >= 4 is 28.8 Å². The SMILES string of the molecule is CCc1cnccc1C(=O)Nc1cc(C(N)=O)sc1C. The Labute approximate surface area is 120 Å². The molecule has 0 aliphatic carbocycles. The number of nitrogens with two attached hydrogens (primary N) is 1. The molecule has 0 spiro atoms. The van der Waals surface area contributed by atoms with Crippen molar-refractivity contribution in [2.45, 2.75) is 20.3 Å². The fourth-order valence-electron chi connectivity index (χ4n) is 1.85. The standard InChI is InChI=1S/C14H15N3O2S/c1-3-9-7-16-5-4-10(9)14(19)17-11-6-12(13(15)18)20-8(11)2/h4-7H,3H2,1-2H3,(H2,15,18)(H,17,19). The number of carbonyl (C=O) groups is 2. The van der Waals surface area contributed by atoms with Gasteiger partial charge in [0.05, 0.1) is 10.6 Å². The summed E-state index contributed by atoms with van der Waals surface area (Å²) in [6, 6.07) is 3.29. The fourth-order valence-corrected chi connectivity index (χ4v) is 2.67. The molecule has 0 aromatic carbocycles. The van der Waals surface area contributed by atoms with Gasteiger partial charge in [-0.2, -0.15) is 0 Å². The van der Waals surface area contributed by atoms with E-state index >= 15 is 0 Å². The van der Waals surface area contributed by atoms with Crippen molar-refractivity contribution < 1.29 is 9.59 Å². The van der Waals surface area contributed by atoms with Crippen LogP contribution in [-0.4, -0.2) is 16.8 Å². The Morgan fingerprint density at radius 3 is 2.80 bits per heavy atom. The van der Waals surface area contributed by atoms with Crippen LogP contribution < -0.4 is 11.1 Å². The number of aryl methyl sites for hydroxylation is 2. The lowest BCUT2D eigenvalue weighted by Gasteiger charge is -2.07. The summed E-state index contributed by atoms with van der Waals surface area (Å²) in [6.07, 6.45) is 4.00. The van der Waals surface area contributed by atoms with Crippen LogP contribution in [-0.2, 0) is 6.42 Å². The van der Waals surface area contributed by atoms with Gasteiger partial charge < -0.3 is 11.1 Å². The summed E-state index contributed by atoms with van der Waals surface area (Å²) in [7, 11) is 0. The smallest absolute Gasteiger partial charge is 0.258 e. The molecular weight excluding hydrogens is 274 g/mol. The van der Waals surface area contributed by atoms with E-state index in [9.17, 15) is 9.59 Å². The second kappa shape index (κ2) is 5.83. The van der Waals surface area contributed by atoms with Crippen LogP contribution in [0.1, 0.15) is 37.4 Å². The largest absolute Gasteiger partial charge is 0.365 e. The van der Waals surface area contributed by atoms with Crippen molar-refractivity contribution in [2.24, 2.45) is 5.73 Å². The van der Waals surface area contributed by atoms with Gasteiger partial charge in [-0.3, -0.25) is 14.6 Å². The molecule has 2 aromatic rings. The topological polar surface area (TPSA) is 85.1 Å². The zero-order valence-corrected chi connectivity index (χ0v) is 12.1. The molecule has 2 amide bonds. The maximum Gasteiger partial charge on any atom is 0.258 e. The van der Waals surface area contributed by atoms with E-state index in [1.54, 1.807) is 24.5 Å². The molecule has 0 saturated heterocycles. The van der Waals surface area contributed by atoms with Crippen molar-refractivity contribution in [1.29, 1.82) is 0 Å². The minimum Gasteiger partial charge on any atom is -0.365 e. The molecule has 104 valence electrons. The van der Waals surface area contributed by atoms with Gasteiger partial charge in [0.15, 0.2) is 0 Å². The summed E-state index contributed by atoms with van der Waals surface area (Å²) < 4.78 is 0. The monoisotopic (exact) mass is 289 g/mol. The molecule has 0 saturated carbocycles. The molecule has 6 heteroatoms. The number of nitrogens with zero attached hydrogens (tertiary/aromatic N) is 1. The first-order chi connectivity index (χ1) is 9.52. The van der Waals surface area contributed by atoms with Gasteiger partial charge in [0, 0.05) is 22.8 Å². The van der Waals surface area contributed by atoms with Crippen molar-refractivity contribution in [3.63, 3.8) is 0 Å². The first-order valence-electron chi connectivity index (χ1n) is 6.17. The quantitative estimate of drug-likeness (QED) is 0.906. The Balaban J connectivity index is 2.26. The molecular formula is C14H15N3O2S. The zero-order chi connectivity index (χ0) is 14.7. The summed E-state index contributed by atoms with van der Waals surface area (Å²) in [5.74, 6) is -0.696. The van der Waals surface area contributed by atoms with Crippen molar-refractivity contribution in [2.75, 3.05) is 5.32 Å². The third-order valence-electron chi connectivity index (χ3n) is 2.94. The van der Waals surface area contributed by atoms with Crippen LogP contribution in [0.5, 0.6) is 0 Å². The average Bonchev–Trinajstić information content (AvgIpc) is 2.80. The number of carbonyl (C=O) groups excluding carboxylic acids is 2. The summed E-state index contributed by atoms with van der Waals surface area (Å²) >= 11 is 1.27. The van der Waals surface area contributed by atoms with Gasteiger partial charge in [-0.15, -0.1) is 11.3 Å². The van der Waals surface area contributed by atoms with Crippen molar-refractivity contribution in [1.82, 2.24) is 4.98 Å². The lowest BCUT2D eigenvalue weighted by Crippen LogP contribution is -2.14. The Kier molecular flexibility index (Phi) is 4.14. The first kappa shape index (κ1) is 14.2. The Hall–Kier alpha value is -2.21. The highest BCUT2D eigenvalue weighted by molar-refractivity contribution is 7.14. The molecule has 2 aromatic heterocycles. The summed E-state index contributed by atoms with van der Waals surface area (Å²) in [6.45, 7) is 3.80. The minimum atomic E-state index is -0.489. The number of aromatic nitrogens is 1. The van der Waals surface area contributed by atoms with Gasteiger partial charge >= 0.3 is 0 Å². The van der Waals surface area contributed by atoms with Crippen molar-refractivity contribution in [3.8, 4) is 0 Å². The Bertz CT molecular complexity index is 664. The van der Waals surface area contributed by atoms with E-state index in [4.69, 9.17) is 5.73 Å². The number of nitrogens with one attached hydrogen (secondary N) is 1. The summed E-state index contributed by atoms with van der Waals surface area (Å²) in [5.41, 5.74) is 7.33. The maximum atomic E-state index is 12.3. The molecule has 20 heavy (non-hydrogen) atoms. The molecule has 0 unspecified atom stereocenters. The number of primary amides is 1. The molecule has 3 N–H and O–H groups in total. The Morgan fingerprint density at radius 1 is 1.45 bits per heavy atom. The van der Waals surface area contributed by atoms with Gasteiger partial charge in [0.25, 0.3) is 11.8 Å². The molecule has 0 atom stereocenters. The van der Waals surface area contributed by atoms with Crippen LogP contribution >= 0.6 is 11.3 Å². The molecule has 2 heterocycles. The van der Waals surface area contributed by atoms with Crippen LogP contribution in [0.25, 0.3) is 0 Å². The molecule has 0 bridgehead atoms. The molecule has 0 aliphatic heterocycles. The highest BCUT2D eigenvalue weighted by atomic mass is 32.1. The highest BCUT2D eigenvalue weighted by Gasteiger charge is 2.15. The average molecular weight is 289 g/mol. The van der Waals surface area contributed by atoms with E-state index in [2.05, 4.69) is 10.3 Å². The predicted molar refractivity (Wildman–Crippen MR) is 79.1 cm³/mol. The van der Waals surface area contributed by atoms with E-state index in [1.807, 2.05) is 13.8 Å². The van der Waals surface area contributed by atoms with Gasteiger partial charge in [0.2, 0.25) is 0 Å². The van der Waals surface area contributed by atoms with Crippen LogP contribution in [0.4, 0.5) is 5.69 Å². The van der Waals surface area contributed by atoms with Gasteiger partial charge in [-0.25, -0.2) is 0 Å². The lowest BCUT2D eigenvalue weighted by molar-refractivity contribution is 0.0999. The predicted octanol–water partition coefficient (Wildman–Crippen LogP) is 2.37.